The maximum atomic E-state index is 8.93. The van der Waals surface area contributed by atoms with Crippen LogP contribution in [-0.4, -0.2) is 76.4 Å². The molecule has 0 aromatic carbocycles. The molecular formula is C44H98N2O2. The van der Waals surface area contributed by atoms with E-state index < -0.39 is 0 Å². The summed E-state index contributed by atoms with van der Waals surface area (Å²) < 4.78 is 2.25. The highest BCUT2D eigenvalue weighted by Crippen LogP contribution is 2.15. The number of unbranched alkanes of at least 4 members (excludes halogenated alkanes) is 30. The van der Waals surface area contributed by atoms with Gasteiger partial charge in [0.1, 0.15) is 0 Å². The monoisotopic (exact) mass is 687 g/mol. The Balaban J connectivity index is -0.000000365. The van der Waals surface area contributed by atoms with Gasteiger partial charge in [0.2, 0.25) is 0 Å². The molecule has 0 aliphatic heterocycles. The Kier molecular flexibility index (Phi) is 51.0. The predicted octanol–water partition coefficient (Wildman–Crippen LogP) is 13.1. The lowest BCUT2D eigenvalue weighted by Gasteiger charge is -2.23. The Morgan fingerprint density at radius 3 is 0.521 bits per heavy atom. The zero-order chi connectivity index (χ0) is 35.7. The van der Waals surface area contributed by atoms with E-state index in [4.69, 9.17) is 5.11 Å². The molecule has 1 N–H and O–H groups in total. The SMILES string of the molecule is CCCCCCCCCCCCCCCCCC[N+](C)(C)C.CCCCCCCCCCCCCCCCCC[N+](C)(C)C.CC[O-].[OH-]. The Labute approximate surface area is 307 Å². The summed E-state index contributed by atoms with van der Waals surface area (Å²) in [5.74, 6) is 0. The number of hydrogen-bond acceptors (Lipinski definition) is 2. The van der Waals surface area contributed by atoms with E-state index in [1.165, 1.54) is 219 Å². The first-order valence-electron chi connectivity index (χ1n) is 21.7. The predicted molar refractivity (Wildman–Crippen MR) is 217 cm³/mol. The summed E-state index contributed by atoms with van der Waals surface area (Å²) in [6, 6.07) is 0. The highest BCUT2D eigenvalue weighted by atomic mass is 16.2. The molecule has 0 saturated carbocycles. The molecule has 4 nitrogen and oxygen atoms in total. The molecule has 0 saturated heterocycles. The van der Waals surface area contributed by atoms with Crippen molar-refractivity contribution in [1.29, 1.82) is 0 Å². The van der Waals surface area contributed by atoms with Crippen LogP contribution >= 0.6 is 0 Å². The van der Waals surface area contributed by atoms with Crippen molar-refractivity contribution in [3.05, 3.63) is 0 Å². The van der Waals surface area contributed by atoms with Gasteiger partial charge in [-0.2, -0.15) is 0 Å². The van der Waals surface area contributed by atoms with E-state index in [0.717, 1.165) is 8.97 Å². The minimum atomic E-state index is 0. The summed E-state index contributed by atoms with van der Waals surface area (Å²) in [5.41, 5.74) is 0. The maximum absolute atomic E-state index is 8.93. The van der Waals surface area contributed by atoms with Crippen LogP contribution in [0.4, 0.5) is 0 Å². The third-order valence-corrected chi connectivity index (χ3v) is 9.36. The van der Waals surface area contributed by atoms with Crippen LogP contribution in [0.15, 0.2) is 0 Å². The van der Waals surface area contributed by atoms with Crippen LogP contribution < -0.4 is 5.11 Å². The van der Waals surface area contributed by atoms with E-state index >= 15 is 0 Å². The molecule has 0 aromatic rings. The molecular weight excluding hydrogens is 588 g/mol. The third kappa shape index (κ3) is 64.4. The summed E-state index contributed by atoms with van der Waals surface area (Å²) in [4.78, 5) is 0. The average Bonchev–Trinajstić information content (AvgIpc) is 3.00. The van der Waals surface area contributed by atoms with Crippen LogP contribution in [-0.2, 0) is 0 Å². The fraction of sp³-hybridized carbons (Fsp3) is 1.00. The van der Waals surface area contributed by atoms with Gasteiger partial charge in [-0.25, -0.2) is 0 Å². The second-order valence-electron chi connectivity index (χ2n) is 16.9. The van der Waals surface area contributed by atoms with Crippen LogP contribution in [0.3, 0.4) is 0 Å². The van der Waals surface area contributed by atoms with Gasteiger partial charge in [-0.3, -0.25) is 0 Å². The maximum Gasteiger partial charge on any atom is 0.0780 e. The van der Waals surface area contributed by atoms with E-state index in [0.29, 0.717) is 0 Å². The molecule has 0 amide bonds. The molecule has 296 valence electrons. The van der Waals surface area contributed by atoms with Gasteiger partial charge in [0, 0.05) is 0 Å². The second kappa shape index (κ2) is 44.9. The minimum absolute atomic E-state index is 0. The van der Waals surface area contributed by atoms with Crippen molar-refractivity contribution < 1.29 is 19.5 Å². The molecule has 0 aliphatic carbocycles. The molecule has 0 radical (unpaired) electrons. The van der Waals surface area contributed by atoms with E-state index in [1.807, 2.05) is 0 Å². The first kappa shape index (κ1) is 54.6. The van der Waals surface area contributed by atoms with Gasteiger partial charge in [0.05, 0.1) is 55.4 Å². The molecule has 0 atom stereocenters. The van der Waals surface area contributed by atoms with Crippen LogP contribution in [0.25, 0.3) is 0 Å². The highest BCUT2D eigenvalue weighted by Gasteiger charge is 2.06. The summed E-state index contributed by atoms with van der Waals surface area (Å²) in [6.07, 6.45) is 46.7. The molecule has 0 aromatic heterocycles. The summed E-state index contributed by atoms with van der Waals surface area (Å²) >= 11 is 0. The highest BCUT2D eigenvalue weighted by molar-refractivity contribution is 4.51. The molecule has 0 aliphatic rings. The lowest BCUT2D eigenvalue weighted by atomic mass is 10.0. The van der Waals surface area contributed by atoms with Crippen LogP contribution in [0.5, 0.6) is 0 Å². The first-order valence-corrected chi connectivity index (χ1v) is 21.7. The van der Waals surface area contributed by atoms with E-state index in [9.17, 15) is 0 Å². The van der Waals surface area contributed by atoms with Gasteiger partial charge in [-0.05, 0) is 25.7 Å². The lowest BCUT2D eigenvalue weighted by molar-refractivity contribution is -0.870. The van der Waals surface area contributed by atoms with Gasteiger partial charge < -0.3 is 19.5 Å². The lowest BCUT2D eigenvalue weighted by Crippen LogP contribution is -2.35. The minimum Gasteiger partial charge on any atom is -0.870 e. The number of rotatable bonds is 34. The van der Waals surface area contributed by atoms with Gasteiger partial charge in [0.15, 0.2) is 0 Å². The molecule has 0 unspecified atom stereocenters. The number of nitrogens with zero attached hydrogens (tertiary/aromatic N) is 2. The Hall–Kier alpha value is -0.160. The second-order valence-corrected chi connectivity index (χ2v) is 16.9. The fourth-order valence-electron chi connectivity index (χ4n) is 6.27. The average molecular weight is 687 g/mol. The van der Waals surface area contributed by atoms with Crippen molar-refractivity contribution in [3.8, 4) is 0 Å². The molecule has 4 heteroatoms. The third-order valence-electron chi connectivity index (χ3n) is 9.36. The zero-order valence-corrected chi connectivity index (χ0v) is 35.5. The van der Waals surface area contributed by atoms with Crippen molar-refractivity contribution in [2.24, 2.45) is 0 Å². The fourth-order valence-corrected chi connectivity index (χ4v) is 6.27. The van der Waals surface area contributed by atoms with Crippen molar-refractivity contribution in [2.75, 3.05) is 62.0 Å². The molecule has 0 spiro atoms. The van der Waals surface area contributed by atoms with Crippen LogP contribution in [0.2, 0.25) is 0 Å². The molecule has 0 bridgehead atoms. The van der Waals surface area contributed by atoms with Crippen molar-refractivity contribution in [3.63, 3.8) is 0 Å². The Bertz CT molecular complexity index is 481. The standard InChI is InChI=1S/2C21H46N.C2H5O.H2O/c2*1-5-6-7-8-9-10-11-12-13-14-15-16-17-18-19-20-21-22(2,3)4;1-2-3;/h2*5-21H2,1-4H3;2H2,1H3;1H2/q2*+1;-1;/p-1. The van der Waals surface area contributed by atoms with Crippen molar-refractivity contribution >= 4 is 0 Å². The normalized spacial score (nSPS) is 11.4. The first-order chi connectivity index (χ1) is 22.5. The van der Waals surface area contributed by atoms with E-state index in [2.05, 4.69) is 56.1 Å². The van der Waals surface area contributed by atoms with Gasteiger partial charge in [-0.1, -0.05) is 201 Å². The summed E-state index contributed by atoms with van der Waals surface area (Å²) in [7, 11) is 13.8. The topological polar surface area (TPSA) is 53.1 Å². The summed E-state index contributed by atoms with van der Waals surface area (Å²) in [6.45, 7) is 8.83. The van der Waals surface area contributed by atoms with Gasteiger partial charge >= 0.3 is 0 Å². The Morgan fingerprint density at radius 1 is 0.271 bits per heavy atom. The quantitative estimate of drug-likeness (QED) is 0.0500. The zero-order valence-electron chi connectivity index (χ0n) is 35.5. The van der Waals surface area contributed by atoms with Crippen LogP contribution in [0.1, 0.15) is 226 Å². The number of hydrogen-bond donors (Lipinski definition) is 0. The molecule has 0 heterocycles. The van der Waals surface area contributed by atoms with Crippen molar-refractivity contribution in [1.82, 2.24) is 0 Å². The van der Waals surface area contributed by atoms with Gasteiger partial charge in [-0.15, -0.1) is 6.61 Å². The van der Waals surface area contributed by atoms with E-state index in [1.54, 1.807) is 6.92 Å². The number of quaternary nitrogens is 2. The van der Waals surface area contributed by atoms with Gasteiger partial charge in [0.25, 0.3) is 0 Å². The van der Waals surface area contributed by atoms with Crippen molar-refractivity contribution in [2.45, 2.75) is 226 Å². The summed E-state index contributed by atoms with van der Waals surface area (Å²) in [5, 5.41) is 8.93. The molecule has 48 heavy (non-hydrogen) atoms. The molecule has 0 fully saturated rings. The smallest absolute Gasteiger partial charge is 0.0780 e. The Morgan fingerprint density at radius 2 is 0.396 bits per heavy atom. The largest absolute Gasteiger partial charge is 0.870 e. The molecule has 0 rings (SSSR count). The van der Waals surface area contributed by atoms with Crippen LogP contribution in [0, 0.1) is 0 Å². The van der Waals surface area contributed by atoms with E-state index in [-0.39, 0.29) is 12.1 Å².